The van der Waals surface area contributed by atoms with Crippen molar-refractivity contribution in [2.24, 2.45) is 0 Å². The number of aliphatic hydroxyl groups is 1. The zero-order valence-corrected chi connectivity index (χ0v) is 13.7. The average Bonchev–Trinajstić information content (AvgIpc) is 2.42. The van der Waals surface area contributed by atoms with Crippen LogP contribution in [0.5, 0.6) is 0 Å². The Balaban J connectivity index is 3.11. The van der Waals surface area contributed by atoms with Gasteiger partial charge in [0.2, 0.25) is 0 Å². The van der Waals surface area contributed by atoms with Crippen molar-refractivity contribution in [2.45, 2.75) is 58.4 Å². The van der Waals surface area contributed by atoms with E-state index >= 15 is 0 Å². The van der Waals surface area contributed by atoms with Crippen LogP contribution in [-0.4, -0.2) is 66.3 Å². The Bertz CT molecular complexity index is 502. The molecule has 0 amide bonds. The lowest BCUT2D eigenvalue weighted by Gasteiger charge is -2.42. The first-order valence-corrected chi connectivity index (χ1v) is 7.10. The van der Waals surface area contributed by atoms with E-state index < -0.39 is 54.6 Å². The molecule has 136 valence electrons. The third-order valence-corrected chi connectivity index (χ3v) is 2.97. The number of esters is 4. The van der Waals surface area contributed by atoms with E-state index in [0.29, 0.717) is 0 Å². The van der Waals surface area contributed by atoms with Crippen molar-refractivity contribution in [3.05, 3.63) is 0 Å². The normalized spacial score (nSPS) is 29.3. The van der Waals surface area contributed by atoms with Crippen molar-refractivity contribution in [3.63, 3.8) is 0 Å². The lowest BCUT2D eigenvalue weighted by molar-refractivity contribution is -0.296. The van der Waals surface area contributed by atoms with E-state index in [4.69, 9.17) is 23.7 Å². The molecule has 1 heterocycles. The van der Waals surface area contributed by atoms with E-state index in [1.54, 1.807) is 0 Å². The Morgan fingerprint density at radius 1 is 0.792 bits per heavy atom. The fourth-order valence-electron chi connectivity index (χ4n) is 2.21. The van der Waals surface area contributed by atoms with Gasteiger partial charge in [0, 0.05) is 27.7 Å². The molecule has 1 aliphatic heterocycles. The van der Waals surface area contributed by atoms with Crippen LogP contribution in [-0.2, 0) is 42.9 Å². The smallest absolute Gasteiger partial charge is 0.303 e. The van der Waals surface area contributed by atoms with Crippen molar-refractivity contribution >= 4 is 23.9 Å². The molecule has 0 radical (unpaired) electrons. The molecule has 0 spiro atoms. The van der Waals surface area contributed by atoms with Gasteiger partial charge in [-0.1, -0.05) is 0 Å². The summed E-state index contributed by atoms with van der Waals surface area (Å²) in [7, 11) is 0. The van der Waals surface area contributed by atoms with Gasteiger partial charge in [0.25, 0.3) is 0 Å². The molecule has 0 aromatic heterocycles. The minimum atomic E-state index is -1.68. The standard InChI is InChI=1S/C14H20O10/c1-6(15)20-5-10-11(21-7(2)16)12(22-8(3)17)13(14(19)24-10)23-9(4)18/h10-14,19H,5H2,1-4H3/t10-,11-,12?,13?,14-/m1/s1. The summed E-state index contributed by atoms with van der Waals surface area (Å²) in [5, 5.41) is 10.0. The van der Waals surface area contributed by atoms with Crippen LogP contribution in [0.3, 0.4) is 0 Å². The Morgan fingerprint density at radius 2 is 1.25 bits per heavy atom. The number of rotatable bonds is 5. The van der Waals surface area contributed by atoms with Crippen LogP contribution in [0.2, 0.25) is 0 Å². The van der Waals surface area contributed by atoms with Crippen LogP contribution < -0.4 is 0 Å². The molecule has 1 saturated heterocycles. The van der Waals surface area contributed by atoms with Gasteiger partial charge in [-0.3, -0.25) is 19.2 Å². The van der Waals surface area contributed by atoms with Crippen LogP contribution in [0, 0.1) is 0 Å². The van der Waals surface area contributed by atoms with Gasteiger partial charge >= 0.3 is 23.9 Å². The first-order valence-electron chi connectivity index (χ1n) is 7.10. The van der Waals surface area contributed by atoms with Crippen molar-refractivity contribution in [1.82, 2.24) is 0 Å². The summed E-state index contributed by atoms with van der Waals surface area (Å²) in [5.41, 5.74) is 0. The molecule has 2 unspecified atom stereocenters. The molecule has 5 atom stereocenters. The summed E-state index contributed by atoms with van der Waals surface area (Å²) < 4.78 is 25.0. The summed E-state index contributed by atoms with van der Waals surface area (Å²) in [5.74, 6) is -2.87. The summed E-state index contributed by atoms with van der Waals surface area (Å²) in [6.07, 6.45) is -6.79. The molecule has 0 aromatic rings. The summed E-state index contributed by atoms with van der Waals surface area (Å²) >= 11 is 0. The number of hydrogen-bond donors (Lipinski definition) is 1. The molecule has 10 heteroatoms. The zero-order chi connectivity index (χ0) is 18.4. The third-order valence-electron chi connectivity index (χ3n) is 2.97. The fraction of sp³-hybridized carbons (Fsp3) is 0.714. The van der Waals surface area contributed by atoms with Crippen molar-refractivity contribution in [1.29, 1.82) is 0 Å². The van der Waals surface area contributed by atoms with Gasteiger partial charge in [-0.15, -0.1) is 0 Å². The lowest BCUT2D eigenvalue weighted by Crippen LogP contribution is -2.62. The highest BCUT2D eigenvalue weighted by atomic mass is 16.7. The Kier molecular flexibility index (Phi) is 7.11. The molecule has 1 fully saturated rings. The maximum absolute atomic E-state index is 11.3. The molecule has 1 rings (SSSR count). The molecular formula is C14H20O10. The second-order valence-electron chi connectivity index (χ2n) is 5.09. The van der Waals surface area contributed by atoms with Gasteiger partial charge in [0.1, 0.15) is 12.7 Å². The summed E-state index contributed by atoms with van der Waals surface area (Å²) in [6, 6.07) is 0. The Labute approximate surface area is 137 Å². The highest BCUT2D eigenvalue weighted by Crippen LogP contribution is 2.28. The number of carbonyl (C=O) groups excluding carboxylic acids is 4. The predicted octanol–water partition coefficient (Wildman–Crippen LogP) is -0.938. The van der Waals surface area contributed by atoms with Crippen LogP contribution in [0.4, 0.5) is 0 Å². The van der Waals surface area contributed by atoms with E-state index in [0.717, 1.165) is 27.7 Å². The van der Waals surface area contributed by atoms with E-state index in [1.165, 1.54) is 0 Å². The van der Waals surface area contributed by atoms with E-state index in [9.17, 15) is 24.3 Å². The first-order chi connectivity index (χ1) is 11.1. The first kappa shape index (κ1) is 19.8. The quantitative estimate of drug-likeness (QED) is 0.490. The Morgan fingerprint density at radius 3 is 1.71 bits per heavy atom. The molecular weight excluding hydrogens is 328 g/mol. The number of carbonyl (C=O) groups is 4. The molecule has 1 aliphatic rings. The van der Waals surface area contributed by atoms with Gasteiger partial charge in [-0.2, -0.15) is 0 Å². The van der Waals surface area contributed by atoms with Crippen LogP contribution in [0.15, 0.2) is 0 Å². The molecule has 1 N–H and O–H groups in total. The van der Waals surface area contributed by atoms with Crippen molar-refractivity contribution in [2.75, 3.05) is 6.61 Å². The molecule has 0 aromatic carbocycles. The van der Waals surface area contributed by atoms with E-state index in [-0.39, 0.29) is 6.61 Å². The molecule has 0 aliphatic carbocycles. The average molecular weight is 348 g/mol. The SMILES string of the molecule is CC(=O)OC[C@H]1O[C@@H](O)C(OC(C)=O)C(OC(C)=O)[C@@H]1OC(C)=O. The van der Waals surface area contributed by atoms with Crippen molar-refractivity contribution < 1.29 is 48.0 Å². The minimum absolute atomic E-state index is 0.366. The van der Waals surface area contributed by atoms with Gasteiger partial charge in [0.15, 0.2) is 24.6 Å². The lowest BCUT2D eigenvalue weighted by atomic mass is 9.98. The van der Waals surface area contributed by atoms with Crippen LogP contribution in [0.25, 0.3) is 0 Å². The second-order valence-corrected chi connectivity index (χ2v) is 5.09. The molecule has 0 bridgehead atoms. The largest absolute Gasteiger partial charge is 0.463 e. The van der Waals surface area contributed by atoms with Crippen LogP contribution >= 0.6 is 0 Å². The maximum atomic E-state index is 11.3. The monoisotopic (exact) mass is 348 g/mol. The number of hydrogen-bond acceptors (Lipinski definition) is 10. The van der Waals surface area contributed by atoms with Gasteiger partial charge in [-0.25, -0.2) is 0 Å². The van der Waals surface area contributed by atoms with Gasteiger partial charge < -0.3 is 28.8 Å². The zero-order valence-electron chi connectivity index (χ0n) is 13.7. The molecule has 24 heavy (non-hydrogen) atoms. The summed E-state index contributed by atoms with van der Waals surface area (Å²) in [4.78, 5) is 44.9. The predicted molar refractivity (Wildman–Crippen MR) is 74.2 cm³/mol. The highest BCUT2D eigenvalue weighted by Gasteiger charge is 2.51. The molecule has 0 saturated carbocycles. The summed E-state index contributed by atoms with van der Waals surface area (Å²) in [6.45, 7) is 4.09. The molecule has 10 nitrogen and oxygen atoms in total. The van der Waals surface area contributed by atoms with Gasteiger partial charge in [-0.05, 0) is 0 Å². The number of aliphatic hydroxyl groups excluding tert-OH is 1. The topological polar surface area (TPSA) is 135 Å². The highest BCUT2D eigenvalue weighted by molar-refractivity contribution is 5.68. The van der Waals surface area contributed by atoms with Crippen molar-refractivity contribution in [3.8, 4) is 0 Å². The number of ether oxygens (including phenoxy) is 5. The van der Waals surface area contributed by atoms with E-state index in [1.807, 2.05) is 0 Å². The van der Waals surface area contributed by atoms with Crippen LogP contribution in [0.1, 0.15) is 27.7 Å². The van der Waals surface area contributed by atoms with E-state index in [2.05, 4.69) is 0 Å². The Hall–Kier alpha value is -2.20. The second kappa shape index (κ2) is 8.60. The minimum Gasteiger partial charge on any atom is -0.463 e. The third kappa shape index (κ3) is 5.78. The maximum Gasteiger partial charge on any atom is 0.303 e. The fourth-order valence-corrected chi connectivity index (χ4v) is 2.21. The van der Waals surface area contributed by atoms with Gasteiger partial charge in [0.05, 0.1) is 0 Å².